The summed E-state index contributed by atoms with van der Waals surface area (Å²) in [5.74, 6) is -0.381. The van der Waals surface area contributed by atoms with E-state index in [1.807, 2.05) is 35.2 Å². The number of para-hydroxylation sites is 1. The summed E-state index contributed by atoms with van der Waals surface area (Å²) in [4.78, 5) is 29.4. The third-order valence-corrected chi connectivity index (χ3v) is 7.42. The average Bonchev–Trinajstić information content (AvgIpc) is 2.85. The number of hydrogen-bond acceptors (Lipinski definition) is 5. The van der Waals surface area contributed by atoms with E-state index in [0.717, 1.165) is 5.69 Å². The maximum absolute atomic E-state index is 13.0. The average molecular weight is 478 g/mol. The molecule has 0 aromatic heterocycles. The Morgan fingerprint density at radius 3 is 2.12 bits per heavy atom. The monoisotopic (exact) mass is 477 g/mol. The summed E-state index contributed by atoms with van der Waals surface area (Å²) < 4.78 is 25.4. The van der Waals surface area contributed by atoms with Crippen LogP contribution in [-0.4, -0.2) is 62.8 Å². The molecule has 176 valence electrons. The summed E-state index contributed by atoms with van der Waals surface area (Å²) in [5, 5.41) is 2.88. The van der Waals surface area contributed by atoms with Gasteiger partial charge in [-0.1, -0.05) is 48.5 Å². The van der Waals surface area contributed by atoms with Crippen molar-refractivity contribution >= 4 is 27.3 Å². The number of benzene rings is 3. The van der Waals surface area contributed by atoms with Crippen LogP contribution in [0.2, 0.25) is 0 Å². The zero-order valence-electron chi connectivity index (χ0n) is 18.8. The molecule has 3 aromatic rings. The molecule has 1 heterocycles. The third-order valence-electron chi connectivity index (χ3n) is 5.72. The molecule has 3 aromatic carbocycles. The lowest BCUT2D eigenvalue weighted by molar-refractivity contribution is -0.117. The first-order valence-corrected chi connectivity index (χ1v) is 12.8. The van der Waals surface area contributed by atoms with Gasteiger partial charge in [0.05, 0.1) is 17.2 Å². The molecule has 8 heteroatoms. The molecule has 1 saturated heterocycles. The molecule has 1 fully saturated rings. The summed E-state index contributed by atoms with van der Waals surface area (Å²) >= 11 is 0. The van der Waals surface area contributed by atoms with E-state index in [4.69, 9.17) is 0 Å². The fourth-order valence-corrected chi connectivity index (χ4v) is 5.30. The number of anilines is 1. The molecular weight excluding hydrogens is 450 g/mol. The van der Waals surface area contributed by atoms with Crippen LogP contribution in [0.1, 0.15) is 15.9 Å². The summed E-state index contributed by atoms with van der Waals surface area (Å²) in [6, 6.07) is 24.4. The number of carbonyl (C=O) groups is 2. The second-order valence-electron chi connectivity index (χ2n) is 8.26. The Balaban J connectivity index is 1.32. The van der Waals surface area contributed by atoms with Gasteiger partial charge in [-0.3, -0.25) is 14.5 Å². The first-order valence-electron chi connectivity index (χ1n) is 11.1. The first kappa shape index (κ1) is 23.7. The number of piperazine rings is 1. The van der Waals surface area contributed by atoms with Crippen molar-refractivity contribution in [3.63, 3.8) is 0 Å². The van der Waals surface area contributed by atoms with Crippen LogP contribution < -0.4 is 5.32 Å². The van der Waals surface area contributed by atoms with Gasteiger partial charge in [-0.05, 0) is 42.0 Å². The second kappa shape index (κ2) is 10.6. The van der Waals surface area contributed by atoms with Crippen LogP contribution in [0, 0.1) is 0 Å². The summed E-state index contributed by atoms with van der Waals surface area (Å²) in [6.07, 6.45) is 0. The minimum atomic E-state index is -3.49. The molecule has 0 unspecified atom stereocenters. The minimum Gasteiger partial charge on any atom is -0.336 e. The number of nitrogens with zero attached hydrogens (tertiary/aromatic N) is 2. The molecule has 0 spiro atoms. The predicted octanol–water partition coefficient (Wildman–Crippen LogP) is 3.06. The van der Waals surface area contributed by atoms with Crippen molar-refractivity contribution in [3.05, 3.63) is 96.1 Å². The molecule has 1 aliphatic rings. The Bertz CT molecular complexity index is 1240. The molecule has 34 heavy (non-hydrogen) atoms. The Morgan fingerprint density at radius 1 is 0.794 bits per heavy atom. The van der Waals surface area contributed by atoms with Gasteiger partial charge in [0.2, 0.25) is 5.91 Å². The van der Waals surface area contributed by atoms with Crippen molar-refractivity contribution in [2.45, 2.75) is 10.6 Å². The zero-order valence-corrected chi connectivity index (χ0v) is 19.6. The number of sulfone groups is 1. The lowest BCUT2D eigenvalue weighted by Crippen LogP contribution is -2.50. The number of rotatable bonds is 7. The van der Waals surface area contributed by atoms with Crippen LogP contribution in [0.25, 0.3) is 0 Å². The Kier molecular flexibility index (Phi) is 7.40. The van der Waals surface area contributed by atoms with Crippen LogP contribution in [0.4, 0.5) is 5.69 Å². The molecule has 0 radical (unpaired) electrons. The predicted molar refractivity (Wildman–Crippen MR) is 131 cm³/mol. The van der Waals surface area contributed by atoms with Gasteiger partial charge in [0.25, 0.3) is 5.91 Å². The van der Waals surface area contributed by atoms with E-state index in [9.17, 15) is 18.0 Å². The molecule has 1 N–H and O–H groups in total. The quantitative estimate of drug-likeness (QED) is 0.565. The van der Waals surface area contributed by atoms with Crippen LogP contribution in [0.15, 0.2) is 89.8 Å². The van der Waals surface area contributed by atoms with Crippen LogP contribution in [0.5, 0.6) is 0 Å². The van der Waals surface area contributed by atoms with E-state index < -0.39 is 9.84 Å². The third kappa shape index (κ3) is 6.09. The van der Waals surface area contributed by atoms with Crippen molar-refractivity contribution in [3.8, 4) is 0 Å². The summed E-state index contributed by atoms with van der Waals surface area (Å²) in [5.41, 5.74) is 1.80. The Morgan fingerprint density at radius 2 is 1.44 bits per heavy atom. The van der Waals surface area contributed by atoms with E-state index in [1.165, 1.54) is 0 Å². The van der Waals surface area contributed by atoms with Crippen molar-refractivity contribution < 1.29 is 18.0 Å². The number of amides is 2. The highest BCUT2D eigenvalue weighted by atomic mass is 32.2. The van der Waals surface area contributed by atoms with Gasteiger partial charge in [0.1, 0.15) is 0 Å². The second-order valence-corrected chi connectivity index (χ2v) is 10.2. The van der Waals surface area contributed by atoms with Crippen LogP contribution in [-0.2, 0) is 20.4 Å². The molecular formula is C26H27N3O4S. The maximum atomic E-state index is 13.0. The SMILES string of the molecule is O=C(CN1CCN(C(=O)c2cccc(CS(=O)(=O)c3ccccc3)c2)CC1)Nc1ccccc1. The van der Waals surface area contributed by atoms with Crippen molar-refractivity contribution in [2.24, 2.45) is 0 Å². The van der Waals surface area contributed by atoms with Crippen LogP contribution in [0.3, 0.4) is 0 Å². The lowest BCUT2D eigenvalue weighted by atomic mass is 10.1. The molecule has 1 aliphatic heterocycles. The number of nitrogens with one attached hydrogen (secondary N) is 1. The van der Waals surface area contributed by atoms with E-state index >= 15 is 0 Å². The summed E-state index contributed by atoms with van der Waals surface area (Å²) in [6.45, 7) is 2.46. The highest BCUT2D eigenvalue weighted by Gasteiger charge is 2.24. The van der Waals surface area contributed by atoms with Crippen LogP contribution >= 0.6 is 0 Å². The molecule has 0 bridgehead atoms. The van der Waals surface area contributed by atoms with Gasteiger partial charge < -0.3 is 10.2 Å². The standard InChI is InChI=1S/C26H27N3O4S/c30-25(27-23-10-3-1-4-11-23)19-28-14-16-29(17-15-28)26(31)22-9-7-8-21(18-22)20-34(32,33)24-12-5-2-6-13-24/h1-13,18H,14-17,19-20H2,(H,27,30). The van der Waals surface area contributed by atoms with E-state index in [-0.39, 0.29) is 29.0 Å². The minimum absolute atomic E-state index is 0.0849. The van der Waals surface area contributed by atoms with E-state index in [2.05, 4.69) is 5.32 Å². The Hall–Kier alpha value is -3.49. The summed E-state index contributed by atoms with van der Waals surface area (Å²) in [7, 11) is -3.49. The largest absolute Gasteiger partial charge is 0.336 e. The Labute approximate surface area is 199 Å². The molecule has 4 rings (SSSR count). The van der Waals surface area contributed by atoms with Crippen molar-refractivity contribution in [1.29, 1.82) is 0 Å². The van der Waals surface area contributed by atoms with Gasteiger partial charge >= 0.3 is 0 Å². The van der Waals surface area contributed by atoms with Crippen molar-refractivity contribution in [2.75, 3.05) is 38.0 Å². The number of hydrogen-bond donors (Lipinski definition) is 1. The van der Waals surface area contributed by atoms with Gasteiger partial charge in [-0.15, -0.1) is 0 Å². The molecule has 7 nitrogen and oxygen atoms in total. The topological polar surface area (TPSA) is 86.8 Å². The maximum Gasteiger partial charge on any atom is 0.253 e. The molecule has 0 atom stereocenters. The van der Waals surface area contributed by atoms with Gasteiger partial charge in [0.15, 0.2) is 9.84 Å². The van der Waals surface area contributed by atoms with E-state index in [1.54, 1.807) is 59.5 Å². The van der Waals surface area contributed by atoms with Gasteiger partial charge in [-0.25, -0.2) is 8.42 Å². The fourth-order valence-electron chi connectivity index (χ4n) is 3.94. The smallest absolute Gasteiger partial charge is 0.253 e. The van der Waals surface area contributed by atoms with Crippen molar-refractivity contribution in [1.82, 2.24) is 9.80 Å². The normalized spacial score (nSPS) is 14.5. The fraction of sp³-hybridized carbons (Fsp3) is 0.231. The lowest BCUT2D eigenvalue weighted by Gasteiger charge is -2.34. The first-order chi connectivity index (χ1) is 16.4. The zero-order chi connectivity index (χ0) is 24.0. The van der Waals surface area contributed by atoms with E-state index in [0.29, 0.717) is 37.3 Å². The van der Waals surface area contributed by atoms with Gasteiger partial charge in [0, 0.05) is 37.4 Å². The number of carbonyl (C=O) groups excluding carboxylic acids is 2. The highest BCUT2D eigenvalue weighted by molar-refractivity contribution is 7.90. The highest BCUT2D eigenvalue weighted by Crippen LogP contribution is 2.18. The molecule has 0 aliphatic carbocycles. The molecule has 2 amide bonds. The van der Waals surface area contributed by atoms with Gasteiger partial charge in [-0.2, -0.15) is 0 Å². The molecule has 0 saturated carbocycles.